The van der Waals surface area contributed by atoms with Crippen molar-refractivity contribution in [3.63, 3.8) is 0 Å². The van der Waals surface area contributed by atoms with Crippen LogP contribution in [0, 0.1) is 0 Å². The molecule has 0 fully saturated rings. The van der Waals surface area contributed by atoms with Crippen LogP contribution >= 0.6 is 22.7 Å². The molecule has 0 aliphatic carbocycles. The lowest BCUT2D eigenvalue weighted by atomic mass is 10.1. The molecule has 3 heterocycles. The van der Waals surface area contributed by atoms with E-state index in [4.69, 9.17) is 10.7 Å². The standard InChI is InChI=1S/C17H12N2S2/c18-15-12-8-9-13(14-7-4-10-20-14)19-17(12)21-16(15)11-5-2-1-3-6-11/h1-10H,18H2. The SMILES string of the molecule is Nc1c(-c2ccccc2)sc2nc(-c3cccs3)ccc12. The van der Waals surface area contributed by atoms with Crippen LogP contribution in [-0.2, 0) is 0 Å². The molecule has 0 atom stereocenters. The number of fused-ring (bicyclic) bond motifs is 1. The number of hydrogen-bond acceptors (Lipinski definition) is 4. The molecule has 0 saturated heterocycles. The molecule has 2 nitrogen and oxygen atoms in total. The van der Waals surface area contributed by atoms with E-state index in [0.717, 1.165) is 32.0 Å². The van der Waals surface area contributed by atoms with Gasteiger partial charge in [-0.05, 0) is 29.1 Å². The maximum Gasteiger partial charge on any atom is 0.126 e. The van der Waals surface area contributed by atoms with Crippen LogP contribution in [0.1, 0.15) is 0 Å². The molecule has 3 aromatic heterocycles. The second-order valence-corrected chi connectivity index (χ2v) is 6.68. The van der Waals surface area contributed by atoms with Gasteiger partial charge in [-0.1, -0.05) is 36.4 Å². The molecule has 0 amide bonds. The number of rotatable bonds is 2. The Morgan fingerprint density at radius 3 is 2.52 bits per heavy atom. The molecule has 4 aromatic rings. The maximum absolute atomic E-state index is 6.31. The van der Waals surface area contributed by atoms with Gasteiger partial charge < -0.3 is 5.73 Å². The summed E-state index contributed by atoms with van der Waals surface area (Å²) in [5.41, 5.74) is 9.30. The molecule has 0 radical (unpaired) electrons. The minimum atomic E-state index is 0.825. The molecule has 21 heavy (non-hydrogen) atoms. The van der Waals surface area contributed by atoms with Crippen LogP contribution in [0.5, 0.6) is 0 Å². The van der Waals surface area contributed by atoms with Gasteiger partial charge in [0.2, 0.25) is 0 Å². The zero-order chi connectivity index (χ0) is 14.2. The van der Waals surface area contributed by atoms with Gasteiger partial charge in [0.1, 0.15) is 4.83 Å². The van der Waals surface area contributed by atoms with Gasteiger partial charge in [0.25, 0.3) is 0 Å². The summed E-state index contributed by atoms with van der Waals surface area (Å²) >= 11 is 3.36. The van der Waals surface area contributed by atoms with Crippen LogP contribution < -0.4 is 5.73 Å². The summed E-state index contributed by atoms with van der Waals surface area (Å²) in [5.74, 6) is 0. The summed E-state index contributed by atoms with van der Waals surface area (Å²) in [6.45, 7) is 0. The lowest BCUT2D eigenvalue weighted by molar-refractivity contribution is 1.45. The highest BCUT2D eigenvalue weighted by atomic mass is 32.1. The summed E-state index contributed by atoms with van der Waals surface area (Å²) in [6, 6.07) is 18.5. The highest BCUT2D eigenvalue weighted by molar-refractivity contribution is 7.22. The minimum absolute atomic E-state index is 0.825. The fraction of sp³-hybridized carbons (Fsp3) is 0. The first-order valence-electron chi connectivity index (χ1n) is 6.61. The van der Waals surface area contributed by atoms with Crippen molar-refractivity contribution >= 4 is 38.6 Å². The summed E-state index contributed by atoms with van der Waals surface area (Å²) in [5, 5.41) is 3.11. The number of aromatic nitrogens is 1. The Morgan fingerprint density at radius 1 is 0.905 bits per heavy atom. The van der Waals surface area contributed by atoms with Crippen molar-refractivity contribution in [3.8, 4) is 21.0 Å². The van der Waals surface area contributed by atoms with Gasteiger partial charge in [0.05, 0.1) is 21.1 Å². The second-order valence-electron chi connectivity index (χ2n) is 4.74. The average Bonchev–Trinajstić information content (AvgIpc) is 3.16. The first-order chi connectivity index (χ1) is 10.3. The van der Waals surface area contributed by atoms with Crippen LogP contribution in [-0.4, -0.2) is 4.98 Å². The van der Waals surface area contributed by atoms with Crippen LogP contribution in [0.3, 0.4) is 0 Å². The lowest BCUT2D eigenvalue weighted by Crippen LogP contribution is -1.86. The topological polar surface area (TPSA) is 38.9 Å². The number of thiophene rings is 2. The smallest absolute Gasteiger partial charge is 0.126 e. The van der Waals surface area contributed by atoms with E-state index in [2.05, 4.69) is 29.6 Å². The van der Waals surface area contributed by atoms with Gasteiger partial charge in [-0.3, -0.25) is 0 Å². The minimum Gasteiger partial charge on any atom is -0.397 e. The molecule has 0 aliphatic rings. The molecule has 0 saturated carbocycles. The monoisotopic (exact) mass is 308 g/mol. The number of benzene rings is 1. The van der Waals surface area contributed by atoms with Crippen LogP contribution in [0.25, 0.3) is 31.2 Å². The third kappa shape index (κ3) is 2.13. The van der Waals surface area contributed by atoms with Crippen molar-refractivity contribution in [2.24, 2.45) is 0 Å². The molecule has 4 rings (SSSR count). The van der Waals surface area contributed by atoms with E-state index in [-0.39, 0.29) is 0 Å². The van der Waals surface area contributed by atoms with E-state index >= 15 is 0 Å². The predicted octanol–water partition coefficient (Wildman–Crippen LogP) is 5.27. The molecule has 2 N–H and O–H groups in total. The number of nitrogens with two attached hydrogens (primary N) is 1. The van der Waals surface area contributed by atoms with Gasteiger partial charge >= 0.3 is 0 Å². The van der Waals surface area contributed by atoms with Crippen LogP contribution in [0.4, 0.5) is 5.69 Å². The first-order valence-corrected chi connectivity index (χ1v) is 8.31. The molecule has 0 spiro atoms. The molecule has 1 aromatic carbocycles. The van der Waals surface area contributed by atoms with Crippen molar-refractivity contribution in [3.05, 3.63) is 60.0 Å². The predicted molar refractivity (Wildman–Crippen MR) is 92.8 cm³/mol. The Morgan fingerprint density at radius 2 is 1.76 bits per heavy atom. The van der Waals surface area contributed by atoms with Gasteiger partial charge in [-0.25, -0.2) is 4.98 Å². The number of pyridine rings is 1. The average molecular weight is 308 g/mol. The maximum atomic E-state index is 6.31. The molecule has 4 heteroatoms. The van der Waals surface area contributed by atoms with Crippen molar-refractivity contribution in [2.45, 2.75) is 0 Å². The Bertz CT molecular complexity index is 893. The lowest BCUT2D eigenvalue weighted by Gasteiger charge is -1.98. The van der Waals surface area contributed by atoms with E-state index < -0.39 is 0 Å². The summed E-state index contributed by atoms with van der Waals surface area (Å²) in [6.07, 6.45) is 0. The molecule has 0 bridgehead atoms. The van der Waals surface area contributed by atoms with Gasteiger partial charge in [-0.2, -0.15) is 0 Å². The fourth-order valence-corrected chi connectivity index (χ4v) is 4.16. The summed E-state index contributed by atoms with van der Waals surface area (Å²) < 4.78 is 0. The van der Waals surface area contributed by atoms with Crippen molar-refractivity contribution in [1.82, 2.24) is 4.98 Å². The van der Waals surface area contributed by atoms with E-state index in [1.165, 1.54) is 4.88 Å². The summed E-state index contributed by atoms with van der Waals surface area (Å²) in [4.78, 5) is 8.05. The zero-order valence-corrected chi connectivity index (χ0v) is 12.7. The number of anilines is 1. The molecule has 0 aliphatic heterocycles. The quantitative estimate of drug-likeness (QED) is 0.547. The number of hydrogen-bond donors (Lipinski definition) is 1. The van der Waals surface area contributed by atoms with Crippen LogP contribution in [0.15, 0.2) is 60.0 Å². The highest BCUT2D eigenvalue weighted by Gasteiger charge is 2.13. The molecule has 102 valence electrons. The normalized spacial score (nSPS) is 11.0. The largest absolute Gasteiger partial charge is 0.397 e. The van der Waals surface area contributed by atoms with Gasteiger partial charge in [0.15, 0.2) is 0 Å². The fourth-order valence-electron chi connectivity index (χ4n) is 2.36. The Hall–Kier alpha value is -2.17. The van der Waals surface area contributed by atoms with Crippen molar-refractivity contribution in [1.29, 1.82) is 0 Å². The van der Waals surface area contributed by atoms with Gasteiger partial charge in [-0.15, -0.1) is 22.7 Å². The Balaban J connectivity index is 1.90. The van der Waals surface area contributed by atoms with E-state index in [0.29, 0.717) is 0 Å². The third-order valence-electron chi connectivity index (χ3n) is 3.40. The van der Waals surface area contributed by atoms with E-state index in [9.17, 15) is 0 Å². The Kier molecular flexibility index (Phi) is 2.98. The highest BCUT2D eigenvalue weighted by Crippen LogP contribution is 2.40. The number of nitrogens with zero attached hydrogens (tertiary/aromatic N) is 1. The zero-order valence-electron chi connectivity index (χ0n) is 11.1. The second kappa shape index (κ2) is 4.98. The van der Waals surface area contributed by atoms with Crippen LogP contribution in [0.2, 0.25) is 0 Å². The van der Waals surface area contributed by atoms with Crippen molar-refractivity contribution < 1.29 is 0 Å². The molecular formula is C17H12N2S2. The van der Waals surface area contributed by atoms with Gasteiger partial charge in [0, 0.05) is 5.39 Å². The summed E-state index contributed by atoms with van der Waals surface area (Å²) in [7, 11) is 0. The third-order valence-corrected chi connectivity index (χ3v) is 5.46. The molecule has 0 unspecified atom stereocenters. The first kappa shape index (κ1) is 12.6. The van der Waals surface area contributed by atoms with E-state index in [1.54, 1.807) is 22.7 Å². The molecular weight excluding hydrogens is 296 g/mol. The van der Waals surface area contributed by atoms with E-state index in [1.807, 2.05) is 30.3 Å². The Labute approximate surface area is 130 Å². The van der Waals surface area contributed by atoms with Crippen molar-refractivity contribution in [2.75, 3.05) is 5.73 Å². The number of nitrogen functional groups attached to an aromatic ring is 1.